The Kier molecular flexibility index (Phi) is 2.56. The number of carbonyl (C=O) groups is 3. The summed E-state index contributed by atoms with van der Waals surface area (Å²) >= 11 is 0. The van der Waals surface area contributed by atoms with Crippen LogP contribution in [0.1, 0.15) is 42.2 Å². The third kappa shape index (κ3) is 1.62. The number of ketones is 2. The van der Waals surface area contributed by atoms with Gasteiger partial charge in [0.05, 0.1) is 11.1 Å². The van der Waals surface area contributed by atoms with Crippen LogP contribution in [0.5, 0.6) is 11.5 Å². The second-order valence-corrected chi connectivity index (χ2v) is 4.53. The minimum Gasteiger partial charge on any atom is -0.869 e. The van der Waals surface area contributed by atoms with Crippen LogP contribution in [0.25, 0.3) is 0 Å². The van der Waals surface area contributed by atoms with E-state index in [9.17, 15) is 24.6 Å². The van der Waals surface area contributed by atoms with Gasteiger partial charge in [0.15, 0.2) is 11.6 Å². The Labute approximate surface area is 117 Å². The van der Waals surface area contributed by atoms with E-state index >= 15 is 0 Å². The fraction of sp³-hybridized carbons (Fsp3) is 0. The summed E-state index contributed by atoms with van der Waals surface area (Å²) in [5, 5.41) is 30.5. The third-order valence-electron chi connectivity index (χ3n) is 3.37. The van der Waals surface area contributed by atoms with Crippen molar-refractivity contribution >= 4 is 17.5 Å². The zero-order chi connectivity index (χ0) is 15.3. The van der Waals surface area contributed by atoms with Crippen LogP contribution in [0, 0.1) is 0 Å². The summed E-state index contributed by atoms with van der Waals surface area (Å²) in [7, 11) is 0. The van der Waals surface area contributed by atoms with Crippen molar-refractivity contribution in [1.29, 1.82) is 0 Å². The Balaban J connectivity index is 2.38. The molecule has 0 spiro atoms. The molecule has 0 radical (unpaired) electrons. The van der Waals surface area contributed by atoms with Gasteiger partial charge >= 0.3 is 5.97 Å². The maximum absolute atomic E-state index is 12.3. The van der Waals surface area contributed by atoms with Crippen molar-refractivity contribution in [2.75, 3.05) is 0 Å². The number of hydrogen-bond acceptors (Lipinski definition) is 5. The molecule has 6 nitrogen and oxygen atoms in total. The maximum Gasteiger partial charge on any atom is 0.335 e. The summed E-state index contributed by atoms with van der Waals surface area (Å²) in [6.45, 7) is 0. The largest absolute Gasteiger partial charge is 0.869 e. The first kappa shape index (κ1) is 12.9. The number of benzene rings is 2. The lowest BCUT2D eigenvalue weighted by Crippen LogP contribution is -2.22. The predicted octanol–water partition coefficient (Wildman–Crippen LogP) is 0.939. The summed E-state index contributed by atoms with van der Waals surface area (Å²) in [4.78, 5) is 35.6. The molecule has 0 heterocycles. The van der Waals surface area contributed by atoms with Crippen molar-refractivity contribution in [2.45, 2.75) is 0 Å². The van der Waals surface area contributed by atoms with Crippen LogP contribution in [-0.4, -0.2) is 27.7 Å². The monoisotopic (exact) mass is 283 g/mol. The number of carbonyl (C=O) groups excluding carboxylic acids is 2. The first-order valence-corrected chi connectivity index (χ1v) is 5.92. The van der Waals surface area contributed by atoms with Crippen LogP contribution < -0.4 is 5.11 Å². The van der Waals surface area contributed by atoms with Crippen LogP contribution >= 0.6 is 0 Å². The van der Waals surface area contributed by atoms with Crippen molar-refractivity contribution in [3.63, 3.8) is 0 Å². The van der Waals surface area contributed by atoms with E-state index in [0.717, 1.165) is 6.07 Å². The van der Waals surface area contributed by atoms with Gasteiger partial charge in [-0.2, -0.15) is 0 Å². The highest BCUT2D eigenvalue weighted by molar-refractivity contribution is 6.30. The Morgan fingerprint density at radius 2 is 1.57 bits per heavy atom. The van der Waals surface area contributed by atoms with Crippen LogP contribution in [0.4, 0.5) is 0 Å². The van der Waals surface area contributed by atoms with E-state index in [4.69, 9.17) is 5.11 Å². The van der Waals surface area contributed by atoms with Gasteiger partial charge in [0.1, 0.15) is 5.75 Å². The molecule has 0 fully saturated rings. The lowest BCUT2D eigenvalue weighted by Gasteiger charge is -2.22. The molecular weight excluding hydrogens is 276 g/mol. The minimum absolute atomic E-state index is 0.0766. The molecule has 0 amide bonds. The van der Waals surface area contributed by atoms with Gasteiger partial charge in [-0.15, -0.1) is 0 Å². The number of carboxylic acids is 1. The van der Waals surface area contributed by atoms with Crippen molar-refractivity contribution < 1.29 is 29.7 Å². The average molecular weight is 283 g/mol. The van der Waals surface area contributed by atoms with Gasteiger partial charge in [-0.05, 0) is 11.8 Å². The van der Waals surface area contributed by atoms with E-state index in [0.29, 0.717) is 0 Å². The second kappa shape index (κ2) is 4.17. The van der Waals surface area contributed by atoms with Gasteiger partial charge in [0, 0.05) is 16.7 Å². The Bertz CT molecular complexity index is 834. The SMILES string of the molecule is O=C(O)c1cc2c(c(O)c1[O-])C(=O)c1ccccc1C2=O. The van der Waals surface area contributed by atoms with Gasteiger partial charge in [0.25, 0.3) is 0 Å². The number of phenols is 1. The standard InChI is InChI=1S/C15H8O6/c16-11-6-3-1-2-4-7(6)12(17)10-8(11)5-9(15(20)21)13(18)14(10)19/h1-5,18-19H,(H,20,21)/p-1. The van der Waals surface area contributed by atoms with E-state index in [1.165, 1.54) is 12.1 Å². The number of rotatable bonds is 1. The van der Waals surface area contributed by atoms with E-state index in [1.807, 2.05) is 0 Å². The zero-order valence-electron chi connectivity index (χ0n) is 10.4. The smallest absolute Gasteiger partial charge is 0.335 e. The van der Waals surface area contributed by atoms with E-state index in [1.54, 1.807) is 12.1 Å². The predicted molar refractivity (Wildman–Crippen MR) is 67.8 cm³/mol. The molecule has 0 aromatic heterocycles. The Morgan fingerprint density at radius 3 is 2.14 bits per heavy atom. The fourth-order valence-electron chi connectivity index (χ4n) is 2.38. The summed E-state index contributed by atoms with van der Waals surface area (Å²) in [5.41, 5.74) is -1.26. The molecule has 2 N–H and O–H groups in total. The Hall–Kier alpha value is -3.15. The van der Waals surface area contributed by atoms with Gasteiger partial charge in [-0.1, -0.05) is 24.3 Å². The Morgan fingerprint density at radius 1 is 1.00 bits per heavy atom. The lowest BCUT2D eigenvalue weighted by atomic mass is 9.82. The molecular formula is C15H7O6-. The molecule has 104 valence electrons. The molecule has 0 atom stereocenters. The maximum atomic E-state index is 12.3. The molecule has 0 saturated heterocycles. The molecule has 3 rings (SSSR count). The van der Waals surface area contributed by atoms with Gasteiger partial charge < -0.3 is 15.3 Å². The minimum atomic E-state index is -1.57. The van der Waals surface area contributed by atoms with Gasteiger partial charge in [-0.3, -0.25) is 9.59 Å². The number of phenolic OH excluding ortho intramolecular Hbond substituents is 1. The highest BCUT2D eigenvalue weighted by Gasteiger charge is 2.33. The van der Waals surface area contributed by atoms with Crippen molar-refractivity contribution in [3.05, 3.63) is 58.1 Å². The van der Waals surface area contributed by atoms with E-state index < -0.39 is 40.2 Å². The van der Waals surface area contributed by atoms with E-state index in [-0.39, 0.29) is 16.7 Å². The third-order valence-corrected chi connectivity index (χ3v) is 3.37. The average Bonchev–Trinajstić information content (AvgIpc) is 2.47. The molecule has 0 bridgehead atoms. The van der Waals surface area contributed by atoms with Gasteiger partial charge in [-0.25, -0.2) is 4.79 Å². The summed E-state index contributed by atoms with van der Waals surface area (Å²) < 4.78 is 0. The van der Waals surface area contributed by atoms with Crippen LogP contribution in [0.2, 0.25) is 0 Å². The topological polar surface area (TPSA) is 115 Å². The molecule has 0 aliphatic heterocycles. The molecule has 0 saturated carbocycles. The molecule has 0 unspecified atom stereocenters. The second-order valence-electron chi connectivity index (χ2n) is 4.53. The number of fused-ring (bicyclic) bond motifs is 2. The van der Waals surface area contributed by atoms with Crippen LogP contribution in [0.3, 0.4) is 0 Å². The highest BCUT2D eigenvalue weighted by atomic mass is 16.4. The van der Waals surface area contributed by atoms with Crippen molar-refractivity contribution in [3.8, 4) is 11.5 Å². The summed E-state index contributed by atoms with van der Waals surface area (Å²) in [5.74, 6) is -5.03. The normalized spacial score (nSPS) is 12.8. The first-order chi connectivity index (χ1) is 9.93. The molecule has 21 heavy (non-hydrogen) atoms. The van der Waals surface area contributed by atoms with E-state index in [2.05, 4.69) is 0 Å². The van der Waals surface area contributed by atoms with Crippen molar-refractivity contribution in [2.24, 2.45) is 0 Å². The van der Waals surface area contributed by atoms with Crippen molar-refractivity contribution in [1.82, 2.24) is 0 Å². The van der Waals surface area contributed by atoms with Gasteiger partial charge in [0.2, 0.25) is 0 Å². The number of carboxylic acid groups (broad SMARTS) is 1. The number of aromatic hydroxyl groups is 1. The van der Waals surface area contributed by atoms with Crippen LogP contribution in [0.15, 0.2) is 30.3 Å². The highest BCUT2D eigenvalue weighted by Crippen LogP contribution is 2.39. The number of hydrogen-bond donors (Lipinski definition) is 2. The molecule has 2 aromatic rings. The molecule has 1 aliphatic carbocycles. The lowest BCUT2D eigenvalue weighted by molar-refractivity contribution is -0.270. The summed E-state index contributed by atoms with van der Waals surface area (Å²) in [6.07, 6.45) is 0. The molecule has 6 heteroatoms. The molecule has 2 aromatic carbocycles. The number of aromatic carboxylic acids is 1. The van der Waals surface area contributed by atoms with Crippen LogP contribution in [-0.2, 0) is 0 Å². The summed E-state index contributed by atoms with van der Waals surface area (Å²) in [6, 6.07) is 6.80. The quantitative estimate of drug-likeness (QED) is 0.686. The first-order valence-electron chi connectivity index (χ1n) is 5.92. The molecule has 1 aliphatic rings. The zero-order valence-corrected chi connectivity index (χ0v) is 10.4. The fourth-order valence-corrected chi connectivity index (χ4v) is 2.38.